The number of benzene rings is 3. The fraction of sp³-hybridized carbons (Fsp3) is 0.167. The van der Waals surface area contributed by atoms with E-state index in [0.29, 0.717) is 0 Å². The molecule has 0 N–H and O–H groups in total. The van der Waals surface area contributed by atoms with Crippen molar-refractivity contribution in [2.45, 2.75) is 27.2 Å². The smallest absolute Gasteiger partial charge is 0.0923 e. The van der Waals surface area contributed by atoms with Gasteiger partial charge in [-0.3, -0.25) is 9.97 Å². The largest absolute Gasteiger partial charge is 0.254 e. The first-order valence-electron chi connectivity index (χ1n) is 9.07. The third-order valence-corrected chi connectivity index (χ3v) is 5.45. The summed E-state index contributed by atoms with van der Waals surface area (Å²) in [6.45, 7) is 6.39. The van der Waals surface area contributed by atoms with E-state index < -0.39 is 0 Å². The van der Waals surface area contributed by atoms with Gasteiger partial charge in [0.05, 0.1) is 17.1 Å². The first-order valence-corrected chi connectivity index (χ1v) is 9.07. The molecule has 0 unspecified atom stereocenters. The fourth-order valence-electron chi connectivity index (χ4n) is 4.24. The van der Waals surface area contributed by atoms with Crippen LogP contribution >= 0.6 is 0 Å². The lowest BCUT2D eigenvalue weighted by Crippen LogP contribution is -1.92. The van der Waals surface area contributed by atoms with Crippen molar-refractivity contribution in [3.8, 4) is 22.4 Å². The molecule has 1 aromatic heterocycles. The summed E-state index contributed by atoms with van der Waals surface area (Å²) in [6.07, 6.45) is 2.73. The summed E-state index contributed by atoms with van der Waals surface area (Å²) in [5.74, 6) is 0. The summed E-state index contributed by atoms with van der Waals surface area (Å²) in [5.41, 5.74) is 10.9. The van der Waals surface area contributed by atoms with Crippen LogP contribution in [0.5, 0.6) is 0 Å². The van der Waals surface area contributed by atoms with Crippen LogP contribution in [-0.2, 0) is 6.42 Å². The molecule has 26 heavy (non-hydrogen) atoms. The Morgan fingerprint density at radius 3 is 2.54 bits per heavy atom. The van der Waals surface area contributed by atoms with Crippen molar-refractivity contribution in [3.05, 3.63) is 82.8 Å². The van der Waals surface area contributed by atoms with E-state index in [4.69, 9.17) is 0 Å². The van der Waals surface area contributed by atoms with Crippen molar-refractivity contribution in [3.63, 3.8) is 0 Å². The Hall–Kier alpha value is -3.00. The Labute approximate surface area is 153 Å². The Morgan fingerprint density at radius 1 is 0.846 bits per heavy atom. The average molecular weight is 336 g/mol. The molecule has 0 spiro atoms. The van der Waals surface area contributed by atoms with Crippen LogP contribution < -0.4 is 0 Å². The lowest BCUT2D eigenvalue weighted by Gasteiger charge is -2.12. The highest BCUT2D eigenvalue weighted by Gasteiger charge is 2.22. The zero-order valence-corrected chi connectivity index (χ0v) is 15.3. The second-order valence-electron chi connectivity index (χ2n) is 7.28. The van der Waals surface area contributed by atoms with Gasteiger partial charge in [-0.15, -0.1) is 0 Å². The quantitative estimate of drug-likeness (QED) is 0.387. The first kappa shape index (κ1) is 15.3. The lowest BCUT2D eigenvalue weighted by atomic mass is 9.92. The van der Waals surface area contributed by atoms with Crippen LogP contribution in [0.15, 0.2) is 54.7 Å². The van der Waals surface area contributed by atoms with Gasteiger partial charge in [0.25, 0.3) is 0 Å². The summed E-state index contributed by atoms with van der Waals surface area (Å²) in [4.78, 5) is 9.29. The van der Waals surface area contributed by atoms with Crippen LogP contribution in [0.4, 0.5) is 0 Å². The van der Waals surface area contributed by atoms with Crippen molar-refractivity contribution < 1.29 is 0 Å². The molecule has 0 amide bonds. The topological polar surface area (TPSA) is 25.8 Å². The van der Waals surface area contributed by atoms with Gasteiger partial charge in [-0.1, -0.05) is 48.5 Å². The molecule has 2 nitrogen and oxygen atoms in total. The second kappa shape index (κ2) is 5.50. The predicted octanol–water partition coefficient (Wildman–Crippen LogP) is 5.79. The van der Waals surface area contributed by atoms with Crippen LogP contribution in [0.3, 0.4) is 0 Å². The maximum Gasteiger partial charge on any atom is 0.0923 e. The molecule has 1 heterocycles. The minimum atomic E-state index is 0.871. The molecule has 5 rings (SSSR count). The van der Waals surface area contributed by atoms with Crippen LogP contribution in [-0.4, -0.2) is 9.97 Å². The number of nitrogens with zero attached hydrogens (tertiary/aromatic N) is 2. The lowest BCUT2D eigenvalue weighted by molar-refractivity contribution is 1.03. The van der Waals surface area contributed by atoms with E-state index in [0.717, 1.165) is 23.5 Å². The molecular formula is C24H20N2. The summed E-state index contributed by atoms with van der Waals surface area (Å²) in [7, 11) is 0. The molecule has 0 aliphatic heterocycles. The van der Waals surface area contributed by atoms with E-state index in [1.165, 1.54) is 44.2 Å². The van der Waals surface area contributed by atoms with Crippen molar-refractivity contribution >= 4 is 10.8 Å². The molecular weight excluding hydrogens is 316 g/mol. The Kier molecular flexibility index (Phi) is 3.23. The molecule has 126 valence electrons. The second-order valence-corrected chi connectivity index (χ2v) is 7.28. The average Bonchev–Trinajstić information content (AvgIpc) is 2.98. The van der Waals surface area contributed by atoms with E-state index in [2.05, 4.69) is 72.3 Å². The highest BCUT2D eigenvalue weighted by atomic mass is 14.8. The number of aryl methyl sites for hydroxylation is 3. The first-order chi connectivity index (χ1) is 12.6. The van der Waals surface area contributed by atoms with Gasteiger partial charge in [-0.25, -0.2) is 0 Å². The summed E-state index contributed by atoms with van der Waals surface area (Å²) < 4.78 is 0. The van der Waals surface area contributed by atoms with Gasteiger partial charge in [0, 0.05) is 18.2 Å². The molecule has 1 aliphatic carbocycles. The molecule has 0 fully saturated rings. The third-order valence-electron chi connectivity index (χ3n) is 5.45. The van der Waals surface area contributed by atoms with Gasteiger partial charge < -0.3 is 0 Å². The molecule has 2 heteroatoms. The number of rotatable bonds is 1. The summed E-state index contributed by atoms with van der Waals surface area (Å²) in [6, 6.07) is 17.8. The Bertz CT molecular complexity index is 1180. The highest BCUT2D eigenvalue weighted by molar-refractivity contribution is 6.00. The van der Waals surface area contributed by atoms with Gasteiger partial charge in [-0.05, 0) is 59.4 Å². The molecule has 0 atom stereocenters. The number of aromatic nitrogens is 2. The number of fused-ring (bicyclic) bond motifs is 4. The van der Waals surface area contributed by atoms with E-state index in [1.54, 1.807) is 0 Å². The van der Waals surface area contributed by atoms with Gasteiger partial charge in [0.1, 0.15) is 0 Å². The fourth-order valence-corrected chi connectivity index (χ4v) is 4.24. The van der Waals surface area contributed by atoms with Crippen LogP contribution in [0.1, 0.15) is 28.1 Å². The zero-order chi connectivity index (χ0) is 17.8. The minimum absolute atomic E-state index is 0.871. The molecule has 3 aromatic carbocycles. The van der Waals surface area contributed by atoms with Gasteiger partial charge in [-0.2, -0.15) is 0 Å². The van der Waals surface area contributed by atoms with Crippen LogP contribution in [0, 0.1) is 20.8 Å². The highest BCUT2D eigenvalue weighted by Crippen LogP contribution is 2.38. The van der Waals surface area contributed by atoms with Crippen LogP contribution in [0.25, 0.3) is 33.2 Å². The summed E-state index contributed by atoms with van der Waals surface area (Å²) in [5, 5.41) is 2.69. The van der Waals surface area contributed by atoms with E-state index in [-0.39, 0.29) is 0 Å². The third kappa shape index (κ3) is 2.19. The number of hydrogen-bond acceptors (Lipinski definition) is 2. The SMILES string of the molecule is Cc1cnc2c(n1)Cc1cc(-c3ccc(C)c4c(C)cccc34)ccc1-2. The van der Waals surface area contributed by atoms with Crippen molar-refractivity contribution in [1.29, 1.82) is 0 Å². The van der Waals surface area contributed by atoms with Gasteiger partial charge >= 0.3 is 0 Å². The molecule has 4 aromatic rings. The zero-order valence-electron chi connectivity index (χ0n) is 15.3. The molecule has 0 radical (unpaired) electrons. The molecule has 0 saturated heterocycles. The van der Waals surface area contributed by atoms with Gasteiger partial charge in [0.15, 0.2) is 0 Å². The van der Waals surface area contributed by atoms with E-state index in [9.17, 15) is 0 Å². The van der Waals surface area contributed by atoms with Gasteiger partial charge in [0.2, 0.25) is 0 Å². The maximum atomic E-state index is 4.68. The summed E-state index contributed by atoms with van der Waals surface area (Å²) >= 11 is 0. The standard InChI is InChI=1S/C24H20N2/c1-14-5-4-6-21-19(9-7-15(2)23(14)21)17-8-10-20-18(11-17)12-22-24(20)25-13-16(3)26-22/h4-11,13H,12H2,1-3H3. The van der Waals surface area contributed by atoms with Crippen LogP contribution in [0.2, 0.25) is 0 Å². The monoisotopic (exact) mass is 336 g/mol. The van der Waals surface area contributed by atoms with E-state index in [1.807, 2.05) is 13.1 Å². The normalized spacial score (nSPS) is 12.3. The molecule has 1 aliphatic rings. The van der Waals surface area contributed by atoms with E-state index >= 15 is 0 Å². The van der Waals surface area contributed by atoms with Crippen molar-refractivity contribution in [2.24, 2.45) is 0 Å². The number of hydrogen-bond donors (Lipinski definition) is 0. The molecule has 0 bridgehead atoms. The maximum absolute atomic E-state index is 4.68. The van der Waals surface area contributed by atoms with Crippen molar-refractivity contribution in [2.75, 3.05) is 0 Å². The predicted molar refractivity (Wildman–Crippen MR) is 107 cm³/mol. The Balaban J connectivity index is 1.69. The Morgan fingerprint density at radius 2 is 1.65 bits per heavy atom. The molecule has 0 saturated carbocycles. The minimum Gasteiger partial charge on any atom is -0.254 e. The van der Waals surface area contributed by atoms with Crippen molar-refractivity contribution in [1.82, 2.24) is 9.97 Å².